The third-order valence-corrected chi connectivity index (χ3v) is 6.07. The van der Waals surface area contributed by atoms with Crippen molar-refractivity contribution in [1.82, 2.24) is 19.8 Å². The standard InChI is InChI=1S/C25H29ClN4O3/c26-19-10-12-20(13-11-19)33-18-24(31)27-14-6-9-23-28-21-7-2-3-8-22(21)30(23)17-25(32)29-15-4-1-5-16-29/h2-3,7-8,10-13H,1,4-6,9,14-18H2,(H,27,31). The predicted octanol–water partition coefficient (Wildman–Crippen LogP) is 3.83. The van der Waals surface area contributed by atoms with Gasteiger partial charge in [-0.2, -0.15) is 0 Å². The zero-order chi connectivity index (χ0) is 23.0. The molecule has 1 saturated heterocycles. The van der Waals surface area contributed by atoms with Crippen LogP contribution in [0.5, 0.6) is 5.75 Å². The van der Waals surface area contributed by atoms with E-state index in [1.807, 2.05) is 33.7 Å². The lowest BCUT2D eigenvalue weighted by atomic mass is 10.1. The number of ether oxygens (including phenoxy) is 1. The molecule has 1 aliphatic rings. The van der Waals surface area contributed by atoms with E-state index in [-0.39, 0.29) is 18.4 Å². The molecule has 1 aromatic heterocycles. The smallest absolute Gasteiger partial charge is 0.257 e. The lowest BCUT2D eigenvalue weighted by Crippen LogP contribution is -2.38. The van der Waals surface area contributed by atoms with E-state index < -0.39 is 0 Å². The quantitative estimate of drug-likeness (QED) is 0.484. The minimum atomic E-state index is -0.182. The minimum absolute atomic E-state index is 0.0511. The fourth-order valence-electron chi connectivity index (χ4n) is 4.08. The van der Waals surface area contributed by atoms with Crippen molar-refractivity contribution in [2.75, 3.05) is 26.2 Å². The summed E-state index contributed by atoms with van der Waals surface area (Å²) < 4.78 is 7.49. The van der Waals surface area contributed by atoms with Gasteiger partial charge in [-0.1, -0.05) is 23.7 Å². The number of aromatic nitrogens is 2. The zero-order valence-electron chi connectivity index (χ0n) is 18.6. The molecule has 2 heterocycles. The SMILES string of the molecule is O=C(COc1ccc(Cl)cc1)NCCCc1nc2ccccc2n1CC(=O)N1CCCCC1. The Morgan fingerprint density at radius 1 is 1.03 bits per heavy atom. The summed E-state index contributed by atoms with van der Waals surface area (Å²) in [7, 11) is 0. The number of carbonyl (C=O) groups excluding carboxylic acids is 2. The predicted molar refractivity (Wildman–Crippen MR) is 128 cm³/mol. The maximum absolute atomic E-state index is 12.9. The number of fused-ring (bicyclic) bond motifs is 1. The third-order valence-electron chi connectivity index (χ3n) is 5.82. The van der Waals surface area contributed by atoms with Crippen LogP contribution in [0.1, 0.15) is 31.5 Å². The van der Waals surface area contributed by atoms with E-state index in [1.54, 1.807) is 24.3 Å². The van der Waals surface area contributed by atoms with Gasteiger partial charge in [0, 0.05) is 31.1 Å². The zero-order valence-corrected chi connectivity index (χ0v) is 19.4. The first-order valence-electron chi connectivity index (χ1n) is 11.5. The molecule has 1 fully saturated rings. The topological polar surface area (TPSA) is 76.5 Å². The van der Waals surface area contributed by atoms with Crippen molar-refractivity contribution in [3.8, 4) is 5.75 Å². The van der Waals surface area contributed by atoms with Crippen molar-refractivity contribution >= 4 is 34.4 Å². The molecule has 0 atom stereocenters. The highest BCUT2D eigenvalue weighted by Crippen LogP contribution is 2.19. The average Bonchev–Trinajstić information content (AvgIpc) is 3.19. The van der Waals surface area contributed by atoms with Gasteiger partial charge in [0.15, 0.2) is 6.61 Å². The van der Waals surface area contributed by atoms with Crippen LogP contribution in [0, 0.1) is 0 Å². The van der Waals surface area contributed by atoms with Crippen LogP contribution in [0.2, 0.25) is 5.02 Å². The third kappa shape index (κ3) is 6.26. The van der Waals surface area contributed by atoms with Crippen LogP contribution in [0.25, 0.3) is 11.0 Å². The Bertz CT molecular complexity index is 1090. The number of nitrogens with zero attached hydrogens (tertiary/aromatic N) is 3. The van der Waals surface area contributed by atoms with Crippen LogP contribution >= 0.6 is 11.6 Å². The van der Waals surface area contributed by atoms with Gasteiger partial charge in [-0.25, -0.2) is 4.98 Å². The lowest BCUT2D eigenvalue weighted by Gasteiger charge is -2.27. The molecule has 1 aliphatic heterocycles. The summed E-state index contributed by atoms with van der Waals surface area (Å²) >= 11 is 5.85. The first kappa shape index (κ1) is 23.1. The maximum Gasteiger partial charge on any atom is 0.257 e. The van der Waals surface area contributed by atoms with Gasteiger partial charge in [-0.3, -0.25) is 9.59 Å². The van der Waals surface area contributed by atoms with Gasteiger partial charge in [-0.15, -0.1) is 0 Å². The van der Waals surface area contributed by atoms with Crippen molar-refractivity contribution in [1.29, 1.82) is 0 Å². The number of imidazole rings is 1. The van der Waals surface area contributed by atoms with Crippen molar-refractivity contribution in [2.45, 2.75) is 38.6 Å². The van der Waals surface area contributed by atoms with Gasteiger partial charge in [0.25, 0.3) is 5.91 Å². The Morgan fingerprint density at radius 3 is 2.58 bits per heavy atom. The number of aryl methyl sites for hydroxylation is 1. The summed E-state index contributed by atoms with van der Waals surface area (Å²) in [5.74, 6) is 1.43. The van der Waals surface area contributed by atoms with Crippen molar-refractivity contribution in [3.05, 3.63) is 59.4 Å². The Kier molecular flexibility index (Phi) is 7.83. The van der Waals surface area contributed by atoms with E-state index in [2.05, 4.69) is 5.32 Å². The molecule has 7 nitrogen and oxygen atoms in total. The highest BCUT2D eigenvalue weighted by molar-refractivity contribution is 6.30. The van der Waals surface area contributed by atoms with Crippen LogP contribution in [0.15, 0.2) is 48.5 Å². The second-order valence-corrected chi connectivity index (χ2v) is 8.68. The highest BCUT2D eigenvalue weighted by atomic mass is 35.5. The van der Waals surface area contributed by atoms with Gasteiger partial charge >= 0.3 is 0 Å². The molecule has 3 aromatic rings. The number of hydrogen-bond acceptors (Lipinski definition) is 4. The average molecular weight is 469 g/mol. The molecule has 0 radical (unpaired) electrons. The number of halogens is 1. The number of piperidine rings is 1. The van der Waals surface area contributed by atoms with Crippen LogP contribution in [0.3, 0.4) is 0 Å². The van der Waals surface area contributed by atoms with Gasteiger partial charge in [0.1, 0.15) is 18.1 Å². The van der Waals surface area contributed by atoms with Crippen molar-refractivity contribution in [3.63, 3.8) is 0 Å². The first-order chi connectivity index (χ1) is 16.1. The molecule has 4 rings (SSSR count). The molecule has 1 N–H and O–H groups in total. The Morgan fingerprint density at radius 2 is 1.79 bits per heavy atom. The monoisotopic (exact) mass is 468 g/mol. The molecule has 174 valence electrons. The minimum Gasteiger partial charge on any atom is -0.484 e. The Balaban J connectivity index is 1.30. The van der Waals surface area contributed by atoms with E-state index in [0.29, 0.717) is 36.7 Å². The van der Waals surface area contributed by atoms with Crippen molar-refractivity contribution < 1.29 is 14.3 Å². The Labute approximate surface area is 198 Å². The number of rotatable bonds is 9. The lowest BCUT2D eigenvalue weighted by molar-refractivity contribution is -0.132. The number of para-hydroxylation sites is 2. The molecular weight excluding hydrogens is 440 g/mol. The fourth-order valence-corrected chi connectivity index (χ4v) is 4.20. The fraction of sp³-hybridized carbons (Fsp3) is 0.400. The van der Waals surface area contributed by atoms with E-state index in [4.69, 9.17) is 21.3 Å². The number of amides is 2. The molecule has 33 heavy (non-hydrogen) atoms. The summed E-state index contributed by atoms with van der Waals surface area (Å²) in [6.45, 7) is 2.43. The second-order valence-electron chi connectivity index (χ2n) is 8.24. The normalized spacial score (nSPS) is 13.8. The number of hydrogen-bond donors (Lipinski definition) is 1. The van der Waals surface area contributed by atoms with Crippen LogP contribution in [-0.4, -0.2) is 52.5 Å². The van der Waals surface area contributed by atoms with E-state index in [9.17, 15) is 9.59 Å². The molecule has 0 spiro atoms. The first-order valence-corrected chi connectivity index (χ1v) is 11.8. The molecule has 2 aromatic carbocycles. The number of carbonyl (C=O) groups is 2. The maximum atomic E-state index is 12.9. The van der Waals surface area contributed by atoms with Crippen LogP contribution < -0.4 is 10.1 Å². The summed E-state index contributed by atoms with van der Waals surface area (Å²) in [6.07, 6.45) is 4.73. The number of benzene rings is 2. The second kappa shape index (κ2) is 11.2. The number of nitrogens with one attached hydrogen (secondary N) is 1. The molecule has 0 bridgehead atoms. The highest BCUT2D eigenvalue weighted by Gasteiger charge is 2.19. The van der Waals surface area contributed by atoms with Gasteiger partial charge in [0.2, 0.25) is 5.91 Å². The summed E-state index contributed by atoms with van der Waals surface area (Å²) in [5.41, 5.74) is 1.86. The van der Waals surface area contributed by atoms with Gasteiger partial charge < -0.3 is 19.5 Å². The molecular formula is C25H29ClN4O3. The van der Waals surface area contributed by atoms with Crippen molar-refractivity contribution in [2.24, 2.45) is 0 Å². The molecule has 0 aliphatic carbocycles. The number of likely N-dealkylation sites (tertiary alicyclic amines) is 1. The van der Waals surface area contributed by atoms with Gasteiger partial charge in [-0.05, 0) is 62.1 Å². The largest absolute Gasteiger partial charge is 0.484 e. The Hall–Kier alpha value is -3.06. The van der Waals surface area contributed by atoms with E-state index >= 15 is 0 Å². The molecule has 2 amide bonds. The van der Waals surface area contributed by atoms with E-state index in [0.717, 1.165) is 42.8 Å². The van der Waals surface area contributed by atoms with Crippen LogP contribution in [0.4, 0.5) is 0 Å². The summed E-state index contributed by atoms with van der Waals surface area (Å²) in [5, 5.41) is 3.50. The summed E-state index contributed by atoms with van der Waals surface area (Å²) in [4.78, 5) is 31.7. The molecule has 0 saturated carbocycles. The van der Waals surface area contributed by atoms with Crippen LogP contribution in [-0.2, 0) is 22.6 Å². The summed E-state index contributed by atoms with van der Waals surface area (Å²) in [6, 6.07) is 14.8. The molecule has 0 unspecified atom stereocenters. The molecule has 8 heteroatoms. The van der Waals surface area contributed by atoms with Gasteiger partial charge in [0.05, 0.1) is 11.0 Å². The van der Waals surface area contributed by atoms with E-state index in [1.165, 1.54) is 6.42 Å².